The molecule has 0 atom stereocenters. The lowest BCUT2D eigenvalue weighted by molar-refractivity contribution is 0.0394. The average molecular weight is 1060 g/mol. The molecule has 0 bridgehead atoms. The molecule has 0 saturated heterocycles. The van der Waals surface area contributed by atoms with Crippen molar-refractivity contribution in [2.75, 3.05) is 0 Å². The van der Waals surface area contributed by atoms with E-state index in [1.807, 2.05) is 22.7 Å². The van der Waals surface area contributed by atoms with Gasteiger partial charge in [0.2, 0.25) is 0 Å². The summed E-state index contributed by atoms with van der Waals surface area (Å²) in [6, 6.07) is 9.89. The lowest BCUT2D eigenvalue weighted by atomic mass is 9.81. The first-order chi connectivity index (χ1) is 35.6. The number of unbranched alkanes of at least 4 members (excludes halogenated alkanes) is 36. The highest BCUT2D eigenvalue weighted by Crippen LogP contribution is 2.60. The molecule has 0 aromatic carbocycles. The van der Waals surface area contributed by atoms with E-state index in [0.29, 0.717) is 0 Å². The molecule has 0 unspecified atom stereocenters. The van der Waals surface area contributed by atoms with Crippen LogP contribution in [0.2, 0.25) is 0 Å². The molecule has 4 aromatic heterocycles. The zero-order valence-corrected chi connectivity index (χ0v) is 50.3. The summed E-state index contributed by atoms with van der Waals surface area (Å²) in [5.41, 5.74) is 2.53. The van der Waals surface area contributed by atoms with Crippen molar-refractivity contribution in [1.29, 1.82) is 0 Å². The fraction of sp³-hybridized carbons (Fsp3) is 0.758. The smallest absolute Gasteiger partial charge is 0.140 e. The predicted molar refractivity (Wildman–Crippen MR) is 325 cm³/mol. The lowest BCUT2D eigenvalue weighted by Gasteiger charge is -2.38. The van der Waals surface area contributed by atoms with E-state index in [1.165, 1.54) is 297 Å². The molecule has 0 radical (unpaired) electrons. The molecule has 0 amide bonds. The second-order valence-electron chi connectivity index (χ2n) is 22.9. The number of rotatable bonds is 45. The van der Waals surface area contributed by atoms with Crippen LogP contribution in [0.4, 0.5) is 0 Å². The molecule has 406 valence electrons. The number of thiophene rings is 4. The molecule has 0 saturated carbocycles. The summed E-state index contributed by atoms with van der Waals surface area (Å²) in [4.78, 5) is 8.63. The summed E-state index contributed by atoms with van der Waals surface area (Å²) < 4.78 is 14.9. The third-order valence-corrected chi connectivity index (χ3v) is 21.3. The van der Waals surface area contributed by atoms with E-state index in [2.05, 4.69) is 85.4 Å². The monoisotopic (exact) mass is 1060 g/mol. The molecule has 0 aliphatic carbocycles. The third-order valence-electron chi connectivity index (χ3n) is 16.7. The molecule has 72 heavy (non-hydrogen) atoms. The van der Waals surface area contributed by atoms with E-state index in [0.717, 1.165) is 37.2 Å². The van der Waals surface area contributed by atoms with E-state index < -0.39 is 0 Å². The van der Waals surface area contributed by atoms with Crippen LogP contribution in [-0.4, -0.2) is 0 Å². The second kappa shape index (κ2) is 34.9. The van der Waals surface area contributed by atoms with Gasteiger partial charge >= 0.3 is 0 Å². The Morgan fingerprint density at radius 3 is 0.792 bits per heavy atom. The van der Waals surface area contributed by atoms with Crippen molar-refractivity contribution in [3.8, 4) is 40.8 Å². The van der Waals surface area contributed by atoms with Crippen LogP contribution in [0.1, 0.15) is 321 Å². The van der Waals surface area contributed by atoms with Gasteiger partial charge in [-0.25, -0.2) is 0 Å². The van der Waals surface area contributed by atoms with E-state index in [4.69, 9.17) is 9.47 Å². The first-order valence-electron chi connectivity index (χ1n) is 31.4. The van der Waals surface area contributed by atoms with Crippen LogP contribution in [-0.2, 0) is 11.2 Å². The van der Waals surface area contributed by atoms with Gasteiger partial charge in [-0.1, -0.05) is 259 Å². The molecule has 6 heteroatoms. The number of hydrogen-bond acceptors (Lipinski definition) is 6. The molecule has 2 aliphatic rings. The largest absolute Gasteiger partial charge is 0.481 e. The van der Waals surface area contributed by atoms with Gasteiger partial charge in [-0.15, -0.1) is 45.3 Å². The summed E-state index contributed by atoms with van der Waals surface area (Å²) in [5.74, 6) is 2.29. The van der Waals surface area contributed by atoms with E-state index in [1.54, 1.807) is 0 Å². The van der Waals surface area contributed by atoms with Crippen LogP contribution in [0.3, 0.4) is 0 Å². The molecular formula is C66H106O2S4. The SMILES string of the molecule is CCCCCCCCCCCCC1(CCCCCCCCCCCC)Oc2ccsc2-c2sc(-c3cc4c(s3)-c3sccc3OC4(CCCCCCCCCCCC)CCCCCCCCCCCC)cc21. The van der Waals surface area contributed by atoms with E-state index in [-0.39, 0.29) is 11.2 Å². The quantitative estimate of drug-likeness (QED) is 0.0411. The van der Waals surface area contributed by atoms with Crippen LogP contribution < -0.4 is 9.47 Å². The number of hydrogen-bond donors (Lipinski definition) is 0. The van der Waals surface area contributed by atoms with Crippen LogP contribution in [0.25, 0.3) is 29.3 Å². The Morgan fingerprint density at radius 2 is 0.542 bits per heavy atom. The molecular weight excluding hydrogens is 953 g/mol. The van der Waals surface area contributed by atoms with Crippen molar-refractivity contribution in [1.82, 2.24) is 0 Å². The summed E-state index contributed by atoms with van der Waals surface area (Å²) in [6.45, 7) is 9.30. The number of ether oxygens (including phenoxy) is 2. The van der Waals surface area contributed by atoms with E-state index in [9.17, 15) is 0 Å². The first-order valence-corrected chi connectivity index (χ1v) is 34.8. The minimum Gasteiger partial charge on any atom is -0.481 e. The first kappa shape index (κ1) is 59.6. The van der Waals surface area contributed by atoms with Crippen LogP contribution in [0.5, 0.6) is 11.5 Å². The topological polar surface area (TPSA) is 18.5 Å². The van der Waals surface area contributed by atoms with Crippen LogP contribution in [0.15, 0.2) is 35.0 Å². The van der Waals surface area contributed by atoms with Gasteiger partial charge in [-0.2, -0.15) is 0 Å². The molecule has 2 aliphatic heterocycles. The molecule has 2 nitrogen and oxygen atoms in total. The van der Waals surface area contributed by atoms with Crippen molar-refractivity contribution in [3.63, 3.8) is 0 Å². The minimum absolute atomic E-state index is 0.242. The maximum Gasteiger partial charge on any atom is 0.140 e. The van der Waals surface area contributed by atoms with Gasteiger partial charge in [0.15, 0.2) is 0 Å². The van der Waals surface area contributed by atoms with Crippen molar-refractivity contribution in [2.24, 2.45) is 0 Å². The average Bonchev–Trinajstić information content (AvgIpc) is 4.23. The van der Waals surface area contributed by atoms with Crippen molar-refractivity contribution in [2.45, 2.75) is 321 Å². The van der Waals surface area contributed by atoms with Gasteiger partial charge in [-0.05, 0) is 86.4 Å². The lowest BCUT2D eigenvalue weighted by Crippen LogP contribution is -2.35. The normalized spacial score (nSPS) is 14.2. The Labute approximate surface area is 460 Å². The zero-order chi connectivity index (χ0) is 50.4. The summed E-state index contributed by atoms with van der Waals surface area (Å²) >= 11 is 7.94. The van der Waals surface area contributed by atoms with Gasteiger partial charge in [0.1, 0.15) is 22.7 Å². The molecule has 6 rings (SSSR count). The Bertz CT molecular complexity index is 1790. The Morgan fingerprint density at radius 1 is 0.306 bits per heavy atom. The van der Waals surface area contributed by atoms with Gasteiger partial charge in [0, 0.05) is 20.9 Å². The Kier molecular flexibility index (Phi) is 28.9. The molecule has 6 heterocycles. The van der Waals surface area contributed by atoms with Gasteiger partial charge < -0.3 is 9.47 Å². The maximum atomic E-state index is 7.46. The highest BCUT2D eigenvalue weighted by atomic mass is 32.1. The fourth-order valence-electron chi connectivity index (χ4n) is 12.2. The highest BCUT2D eigenvalue weighted by molar-refractivity contribution is 7.28. The molecule has 4 aromatic rings. The van der Waals surface area contributed by atoms with Gasteiger partial charge in [-0.3, -0.25) is 0 Å². The van der Waals surface area contributed by atoms with Crippen LogP contribution >= 0.6 is 45.3 Å². The summed E-state index contributed by atoms with van der Waals surface area (Å²) in [7, 11) is 0. The van der Waals surface area contributed by atoms with Crippen molar-refractivity contribution in [3.05, 3.63) is 46.2 Å². The fourth-order valence-corrected chi connectivity index (χ4v) is 16.8. The Hall–Kier alpha value is -1.60. The van der Waals surface area contributed by atoms with Crippen LogP contribution in [0, 0.1) is 0 Å². The Balaban J connectivity index is 1.21. The molecule has 0 spiro atoms. The van der Waals surface area contributed by atoms with Crippen molar-refractivity contribution >= 4 is 45.3 Å². The molecule has 0 fully saturated rings. The van der Waals surface area contributed by atoms with Gasteiger partial charge in [0.25, 0.3) is 0 Å². The number of fused-ring (bicyclic) bond motifs is 6. The summed E-state index contributed by atoms with van der Waals surface area (Å²) in [5, 5.41) is 4.58. The maximum absolute atomic E-state index is 7.46. The highest BCUT2D eigenvalue weighted by Gasteiger charge is 2.45. The second-order valence-corrected chi connectivity index (χ2v) is 26.8. The van der Waals surface area contributed by atoms with E-state index >= 15 is 0 Å². The standard InChI is InChI=1S/C66H106O2S4/c1-5-9-13-17-21-25-29-33-37-41-47-65(48-42-38-34-30-26-22-18-14-10-6-2)55-53-59(71-61(55)63-57(67-65)45-51-69-63)60-54-56-62(72-60)64-58(46-52-70-64)68-66(56,49-43-39-35-31-27-23-19-15-11-7-3)50-44-40-36-32-28-24-20-16-12-8-4/h45-46,51-54H,5-44,47-50H2,1-4H3. The van der Waals surface area contributed by atoms with Gasteiger partial charge in [0.05, 0.1) is 19.5 Å². The zero-order valence-electron chi connectivity index (χ0n) is 47.0. The third kappa shape index (κ3) is 18.8. The summed E-state index contributed by atoms with van der Waals surface area (Å²) in [6.07, 6.45) is 59.4. The predicted octanol–water partition coefficient (Wildman–Crippen LogP) is 25.4. The minimum atomic E-state index is -0.242. The molecule has 0 N–H and O–H groups in total. The van der Waals surface area contributed by atoms with Crippen molar-refractivity contribution < 1.29 is 9.47 Å².